The number of aromatic nitrogens is 1. The minimum Gasteiger partial charge on any atom is -0.368 e. The van der Waals surface area contributed by atoms with Crippen molar-refractivity contribution < 1.29 is 9.84 Å². The van der Waals surface area contributed by atoms with Gasteiger partial charge in [0.05, 0.1) is 16.3 Å². The molecule has 0 aliphatic rings. The number of aliphatic hydroxyl groups is 1. The van der Waals surface area contributed by atoms with E-state index in [-0.39, 0.29) is 11.5 Å². The van der Waals surface area contributed by atoms with Gasteiger partial charge in [0, 0.05) is 10.4 Å². The molecule has 0 amide bonds. The molecule has 1 N–H and O–H groups in total. The second-order valence-electron chi connectivity index (χ2n) is 5.23. The van der Waals surface area contributed by atoms with E-state index in [4.69, 9.17) is 16.3 Å². The molecular formula is C14H18ClNO2S. The van der Waals surface area contributed by atoms with Crippen LogP contribution in [-0.4, -0.2) is 22.5 Å². The van der Waals surface area contributed by atoms with E-state index in [9.17, 15) is 5.11 Å². The average molecular weight is 300 g/mol. The van der Waals surface area contributed by atoms with E-state index in [0.717, 1.165) is 15.2 Å². The number of fused-ring (bicyclic) bond motifs is 1. The van der Waals surface area contributed by atoms with Crippen molar-refractivity contribution in [1.82, 2.24) is 4.98 Å². The normalized spacial score (nSPS) is 15.7. The van der Waals surface area contributed by atoms with Crippen LogP contribution in [0.2, 0.25) is 5.02 Å². The number of halogens is 1. The number of ether oxygens (including phenoxy) is 1. The van der Waals surface area contributed by atoms with E-state index in [0.29, 0.717) is 5.02 Å². The van der Waals surface area contributed by atoms with E-state index in [1.807, 2.05) is 25.1 Å². The molecule has 2 unspecified atom stereocenters. The Balaban J connectivity index is 2.36. The molecule has 0 radical (unpaired) electrons. The van der Waals surface area contributed by atoms with Gasteiger partial charge in [-0.2, -0.15) is 0 Å². The average Bonchev–Trinajstić information content (AvgIpc) is 2.71. The first-order valence-corrected chi connectivity index (χ1v) is 7.40. The Kier molecular flexibility index (Phi) is 4.16. The molecule has 0 spiro atoms. The van der Waals surface area contributed by atoms with Crippen molar-refractivity contribution >= 4 is 33.2 Å². The lowest BCUT2D eigenvalue weighted by molar-refractivity contribution is -0.136. The second kappa shape index (κ2) is 5.37. The minimum absolute atomic E-state index is 0.136. The highest BCUT2D eigenvalue weighted by atomic mass is 35.5. The summed E-state index contributed by atoms with van der Waals surface area (Å²) < 4.78 is 6.55. The fourth-order valence-corrected chi connectivity index (χ4v) is 3.24. The summed E-state index contributed by atoms with van der Waals surface area (Å²) in [5.41, 5.74) is 0.675. The monoisotopic (exact) mass is 299 g/mol. The van der Waals surface area contributed by atoms with Crippen LogP contribution in [0.25, 0.3) is 10.2 Å². The van der Waals surface area contributed by atoms with Gasteiger partial charge in [0.15, 0.2) is 6.29 Å². The van der Waals surface area contributed by atoms with Crippen LogP contribution >= 0.6 is 22.9 Å². The largest absolute Gasteiger partial charge is 0.368 e. The number of aliphatic hydroxyl groups excluding tert-OH is 1. The van der Waals surface area contributed by atoms with Gasteiger partial charge in [0.1, 0.15) is 5.01 Å². The molecule has 0 aliphatic heterocycles. The van der Waals surface area contributed by atoms with E-state index in [1.165, 1.54) is 0 Å². The topological polar surface area (TPSA) is 42.4 Å². The fourth-order valence-electron chi connectivity index (χ4n) is 1.81. The molecule has 0 bridgehead atoms. The van der Waals surface area contributed by atoms with Crippen molar-refractivity contribution in [1.29, 1.82) is 0 Å². The van der Waals surface area contributed by atoms with Crippen molar-refractivity contribution in [3.63, 3.8) is 0 Å². The Bertz CT molecular complexity index is 580. The third kappa shape index (κ3) is 3.08. The molecule has 0 saturated heterocycles. The van der Waals surface area contributed by atoms with E-state index in [2.05, 4.69) is 18.8 Å². The van der Waals surface area contributed by atoms with Gasteiger partial charge >= 0.3 is 0 Å². The number of hydrogen-bond donors (Lipinski definition) is 1. The molecule has 3 nitrogen and oxygen atoms in total. The lowest BCUT2D eigenvalue weighted by atomic mass is 9.88. The summed E-state index contributed by atoms with van der Waals surface area (Å²) in [5, 5.41) is 11.1. The molecule has 1 aromatic carbocycles. The van der Waals surface area contributed by atoms with Crippen molar-refractivity contribution in [3.05, 3.63) is 28.2 Å². The summed E-state index contributed by atoms with van der Waals surface area (Å²) in [5.74, 6) is 0. The van der Waals surface area contributed by atoms with Gasteiger partial charge in [0.2, 0.25) is 0 Å². The molecule has 0 saturated carbocycles. The first kappa shape index (κ1) is 14.7. The highest BCUT2D eigenvalue weighted by molar-refractivity contribution is 7.18. The van der Waals surface area contributed by atoms with Crippen molar-refractivity contribution in [2.45, 2.75) is 45.5 Å². The Morgan fingerprint density at radius 2 is 2.05 bits per heavy atom. The predicted molar refractivity (Wildman–Crippen MR) is 79.9 cm³/mol. The zero-order valence-corrected chi connectivity index (χ0v) is 13.0. The van der Waals surface area contributed by atoms with Crippen LogP contribution < -0.4 is 0 Å². The van der Waals surface area contributed by atoms with Crippen molar-refractivity contribution in [3.8, 4) is 0 Å². The number of thiazole rings is 1. The van der Waals surface area contributed by atoms with Gasteiger partial charge in [0.25, 0.3) is 0 Å². The number of benzene rings is 1. The number of rotatable bonds is 4. The third-order valence-electron chi connectivity index (χ3n) is 3.32. The van der Waals surface area contributed by atoms with Crippen LogP contribution in [0.4, 0.5) is 0 Å². The maximum absolute atomic E-state index is 9.35. The van der Waals surface area contributed by atoms with Gasteiger partial charge in [-0.1, -0.05) is 25.4 Å². The summed E-state index contributed by atoms with van der Waals surface area (Å²) in [7, 11) is 0. The van der Waals surface area contributed by atoms with E-state index < -0.39 is 6.29 Å². The standard InChI is InChI=1S/C14H18ClNO2S/c1-8(18-9(2)17)14(3,4)13-16-11-6-5-10(15)7-12(11)19-13/h5-9,17H,1-4H3. The maximum Gasteiger partial charge on any atom is 0.152 e. The first-order valence-electron chi connectivity index (χ1n) is 6.21. The van der Waals surface area contributed by atoms with Crippen LogP contribution in [0.3, 0.4) is 0 Å². The van der Waals surface area contributed by atoms with Crippen LogP contribution in [0.1, 0.15) is 32.7 Å². The summed E-state index contributed by atoms with van der Waals surface area (Å²) in [6.07, 6.45) is -0.915. The highest BCUT2D eigenvalue weighted by Crippen LogP contribution is 2.36. The summed E-state index contributed by atoms with van der Waals surface area (Å²) in [6, 6.07) is 5.69. The van der Waals surface area contributed by atoms with Crippen LogP contribution in [0.15, 0.2) is 18.2 Å². The molecule has 0 aliphatic carbocycles. The molecule has 0 fully saturated rings. The van der Waals surface area contributed by atoms with Crippen LogP contribution in [0.5, 0.6) is 0 Å². The van der Waals surface area contributed by atoms with Crippen LogP contribution in [0, 0.1) is 0 Å². The number of nitrogens with zero attached hydrogens (tertiary/aromatic N) is 1. The molecule has 19 heavy (non-hydrogen) atoms. The molecule has 5 heteroatoms. The summed E-state index contributed by atoms with van der Waals surface area (Å²) in [6.45, 7) is 7.70. The molecule has 1 aromatic heterocycles. The molecule has 104 valence electrons. The van der Waals surface area contributed by atoms with Gasteiger partial charge < -0.3 is 9.84 Å². The molecular weight excluding hydrogens is 282 g/mol. The predicted octanol–water partition coefficient (Wildman–Crippen LogP) is 3.97. The maximum atomic E-state index is 9.35. The smallest absolute Gasteiger partial charge is 0.152 e. The molecule has 2 rings (SSSR count). The molecule has 2 aromatic rings. The lowest BCUT2D eigenvalue weighted by Crippen LogP contribution is -2.35. The van der Waals surface area contributed by atoms with Gasteiger partial charge in [-0.3, -0.25) is 0 Å². The highest BCUT2D eigenvalue weighted by Gasteiger charge is 2.33. The second-order valence-corrected chi connectivity index (χ2v) is 6.70. The van der Waals surface area contributed by atoms with Gasteiger partial charge in [-0.05, 0) is 32.0 Å². The number of hydrogen-bond acceptors (Lipinski definition) is 4. The molecule has 1 heterocycles. The molecule has 2 atom stereocenters. The van der Waals surface area contributed by atoms with Crippen molar-refractivity contribution in [2.24, 2.45) is 0 Å². The minimum atomic E-state index is -0.780. The zero-order valence-electron chi connectivity index (χ0n) is 11.5. The SMILES string of the molecule is CC(O)OC(C)C(C)(C)c1nc2ccc(Cl)cc2s1. The lowest BCUT2D eigenvalue weighted by Gasteiger charge is -2.30. The van der Waals surface area contributed by atoms with Gasteiger partial charge in [-0.25, -0.2) is 4.98 Å². The van der Waals surface area contributed by atoms with Crippen molar-refractivity contribution in [2.75, 3.05) is 0 Å². The van der Waals surface area contributed by atoms with Crippen LogP contribution in [-0.2, 0) is 10.2 Å². The fraction of sp³-hybridized carbons (Fsp3) is 0.500. The van der Waals surface area contributed by atoms with E-state index >= 15 is 0 Å². The third-order valence-corrected chi connectivity index (χ3v) is 4.91. The summed E-state index contributed by atoms with van der Waals surface area (Å²) >= 11 is 7.61. The Morgan fingerprint density at radius 3 is 2.68 bits per heavy atom. The zero-order chi connectivity index (χ0) is 14.2. The first-order chi connectivity index (χ1) is 8.80. The Morgan fingerprint density at radius 1 is 1.37 bits per heavy atom. The quantitative estimate of drug-likeness (QED) is 0.869. The summed E-state index contributed by atoms with van der Waals surface area (Å²) in [4.78, 5) is 4.65. The van der Waals surface area contributed by atoms with E-state index in [1.54, 1.807) is 18.3 Å². The Labute approximate surface area is 122 Å². The Hall–Kier alpha value is -0.680. The van der Waals surface area contributed by atoms with Gasteiger partial charge in [-0.15, -0.1) is 11.3 Å².